The summed E-state index contributed by atoms with van der Waals surface area (Å²) < 4.78 is 0. The molecule has 0 spiro atoms. The van der Waals surface area contributed by atoms with E-state index in [1.165, 1.54) is 0 Å². The highest BCUT2D eigenvalue weighted by molar-refractivity contribution is 5.95. The maximum atomic E-state index is 12.3. The predicted octanol–water partition coefficient (Wildman–Crippen LogP) is 2.12. The van der Waals surface area contributed by atoms with Crippen molar-refractivity contribution in [3.63, 3.8) is 0 Å². The van der Waals surface area contributed by atoms with Gasteiger partial charge in [0.05, 0.1) is 5.92 Å². The molecule has 0 saturated carbocycles. The van der Waals surface area contributed by atoms with Crippen LogP contribution in [0.5, 0.6) is 0 Å². The van der Waals surface area contributed by atoms with Crippen molar-refractivity contribution in [1.82, 2.24) is 0 Å². The van der Waals surface area contributed by atoms with Crippen LogP contribution < -0.4 is 11.5 Å². The van der Waals surface area contributed by atoms with Crippen molar-refractivity contribution in [3.8, 4) is 0 Å². The van der Waals surface area contributed by atoms with Crippen LogP contribution in [-0.2, 0) is 11.2 Å². The molecule has 2 aromatic carbocycles. The lowest BCUT2D eigenvalue weighted by molar-refractivity contribution is -0.119. The van der Waals surface area contributed by atoms with Gasteiger partial charge in [-0.3, -0.25) is 4.79 Å². The van der Waals surface area contributed by atoms with Gasteiger partial charge in [-0.1, -0.05) is 60.2 Å². The number of rotatable bonds is 4. The molecule has 0 fully saturated rings. The highest BCUT2D eigenvalue weighted by Crippen LogP contribution is 2.23. The number of benzene rings is 2. The molecular weight excluding hydrogens is 262 g/mol. The molecule has 4 nitrogen and oxygen atoms in total. The number of nitrogens with zero attached hydrogens (tertiary/aromatic N) is 1. The Morgan fingerprint density at radius 3 is 2.43 bits per heavy atom. The van der Waals surface area contributed by atoms with Crippen molar-refractivity contribution < 1.29 is 4.79 Å². The number of amides is 1. The quantitative estimate of drug-likeness (QED) is 0.665. The third kappa shape index (κ3) is 4.18. The second-order valence-corrected chi connectivity index (χ2v) is 5.03. The topological polar surface area (TPSA) is 81.5 Å². The molecule has 4 heteroatoms. The van der Waals surface area contributed by atoms with Crippen LogP contribution in [0.15, 0.2) is 59.6 Å². The van der Waals surface area contributed by atoms with Crippen LogP contribution >= 0.6 is 0 Å². The van der Waals surface area contributed by atoms with Gasteiger partial charge in [0.2, 0.25) is 0 Å². The van der Waals surface area contributed by atoms with E-state index in [1.807, 2.05) is 55.5 Å². The van der Waals surface area contributed by atoms with Crippen LogP contribution in [0.25, 0.3) is 0 Å². The summed E-state index contributed by atoms with van der Waals surface area (Å²) in [6.07, 6.45) is 0.571. The smallest absolute Gasteiger partial charge is 0.256 e. The van der Waals surface area contributed by atoms with E-state index >= 15 is 0 Å². The van der Waals surface area contributed by atoms with Crippen LogP contribution in [0, 0.1) is 6.92 Å². The second kappa shape index (κ2) is 6.70. The van der Waals surface area contributed by atoms with Gasteiger partial charge in [0.1, 0.15) is 0 Å². The van der Waals surface area contributed by atoms with E-state index in [9.17, 15) is 4.79 Å². The van der Waals surface area contributed by atoms with E-state index in [-0.39, 0.29) is 17.8 Å². The molecule has 0 aliphatic carbocycles. The average Bonchev–Trinajstić information content (AvgIpc) is 2.45. The molecular formula is C17H19N3O. The zero-order chi connectivity index (χ0) is 15.2. The van der Waals surface area contributed by atoms with Crippen LogP contribution in [0.1, 0.15) is 22.6 Å². The highest BCUT2D eigenvalue weighted by Gasteiger charge is 2.20. The highest BCUT2D eigenvalue weighted by atomic mass is 16.1. The Kier molecular flexibility index (Phi) is 4.72. The van der Waals surface area contributed by atoms with Gasteiger partial charge in [-0.25, -0.2) is 0 Å². The lowest BCUT2D eigenvalue weighted by Crippen LogP contribution is -2.26. The van der Waals surface area contributed by atoms with Crippen LogP contribution in [0.4, 0.5) is 0 Å². The van der Waals surface area contributed by atoms with Crippen LogP contribution in [0.3, 0.4) is 0 Å². The molecule has 108 valence electrons. The third-order valence-corrected chi connectivity index (χ3v) is 3.26. The number of hydrogen-bond acceptors (Lipinski definition) is 1. The van der Waals surface area contributed by atoms with Crippen molar-refractivity contribution >= 4 is 11.9 Å². The molecule has 0 bridgehead atoms. The van der Waals surface area contributed by atoms with E-state index in [0.717, 1.165) is 16.7 Å². The van der Waals surface area contributed by atoms with Crippen molar-refractivity contribution in [1.29, 1.82) is 0 Å². The minimum Gasteiger partial charge on any atom is -0.370 e. The second-order valence-electron chi connectivity index (χ2n) is 5.03. The number of nitrogens with two attached hydrogens (primary N) is 2. The number of guanidine groups is 1. The maximum absolute atomic E-state index is 12.3. The van der Waals surface area contributed by atoms with E-state index in [0.29, 0.717) is 6.42 Å². The van der Waals surface area contributed by atoms with E-state index in [1.54, 1.807) is 0 Å². The zero-order valence-corrected chi connectivity index (χ0v) is 12.0. The van der Waals surface area contributed by atoms with Gasteiger partial charge in [-0.2, -0.15) is 4.99 Å². The summed E-state index contributed by atoms with van der Waals surface area (Å²) in [5, 5.41) is 0. The van der Waals surface area contributed by atoms with Crippen molar-refractivity contribution in [2.24, 2.45) is 16.5 Å². The molecule has 0 radical (unpaired) electrons. The lowest BCUT2D eigenvalue weighted by atomic mass is 9.91. The van der Waals surface area contributed by atoms with Gasteiger partial charge in [0, 0.05) is 0 Å². The largest absolute Gasteiger partial charge is 0.370 e. The Labute approximate surface area is 124 Å². The molecule has 0 aliphatic rings. The first-order valence-electron chi connectivity index (χ1n) is 6.80. The Bertz CT molecular complexity index is 646. The Morgan fingerprint density at radius 2 is 1.81 bits per heavy atom. The van der Waals surface area contributed by atoms with Gasteiger partial charge in [-0.15, -0.1) is 0 Å². The summed E-state index contributed by atoms with van der Waals surface area (Å²) in [6, 6.07) is 17.6. The fraction of sp³-hybridized carbons (Fsp3) is 0.176. The first kappa shape index (κ1) is 14.8. The standard InChI is InChI=1S/C17H19N3O/c1-12-6-5-7-13(10-12)11-15(16(21)20-17(18)19)14-8-3-2-4-9-14/h2-10,15H,11H2,1H3,(H4,18,19,20,21)/t15-/m1/s1. The molecule has 0 heterocycles. The van der Waals surface area contributed by atoms with Crippen molar-refractivity contribution in [2.45, 2.75) is 19.3 Å². The molecule has 1 atom stereocenters. The number of carbonyl (C=O) groups is 1. The molecule has 0 aromatic heterocycles. The average molecular weight is 281 g/mol. The van der Waals surface area contributed by atoms with Gasteiger partial charge < -0.3 is 11.5 Å². The van der Waals surface area contributed by atoms with Gasteiger partial charge in [0.15, 0.2) is 5.96 Å². The summed E-state index contributed by atoms with van der Waals surface area (Å²) >= 11 is 0. The fourth-order valence-electron chi connectivity index (χ4n) is 2.31. The summed E-state index contributed by atoms with van der Waals surface area (Å²) in [7, 11) is 0. The molecule has 2 aromatic rings. The minimum atomic E-state index is -0.380. The maximum Gasteiger partial charge on any atom is 0.256 e. The monoisotopic (exact) mass is 281 g/mol. The summed E-state index contributed by atoms with van der Waals surface area (Å²) in [5.74, 6) is -0.900. The van der Waals surface area contributed by atoms with Crippen molar-refractivity contribution in [2.75, 3.05) is 0 Å². The summed E-state index contributed by atoms with van der Waals surface area (Å²) in [5.41, 5.74) is 13.8. The Hall–Kier alpha value is -2.62. The SMILES string of the molecule is Cc1cccc(C[C@@H](C(=O)N=C(N)N)c2ccccc2)c1. The Balaban J connectivity index is 2.32. The molecule has 0 unspecified atom stereocenters. The van der Waals surface area contributed by atoms with E-state index in [4.69, 9.17) is 11.5 Å². The molecule has 1 amide bonds. The van der Waals surface area contributed by atoms with E-state index < -0.39 is 0 Å². The molecule has 2 rings (SSSR count). The molecule has 0 saturated heterocycles. The predicted molar refractivity (Wildman–Crippen MR) is 84.9 cm³/mol. The van der Waals surface area contributed by atoms with Gasteiger partial charge >= 0.3 is 0 Å². The van der Waals surface area contributed by atoms with Crippen LogP contribution in [0.2, 0.25) is 0 Å². The van der Waals surface area contributed by atoms with Gasteiger partial charge in [0.25, 0.3) is 5.91 Å². The number of aryl methyl sites for hydroxylation is 1. The lowest BCUT2D eigenvalue weighted by Gasteiger charge is -2.14. The first-order valence-corrected chi connectivity index (χ1v) is 6.80. The molecule has 4 N–H and O–H groups in total. The number of aliphatic imine (C=N–C) groups is 1. The summed E-state index contributed by atoms with van der Waals surface area (Å²) in [6.45, 7) is 2.03. The van der Waals surface area contributed by atoms with Crippen molar-refractivity contribution in [3.05, 3.63) is 71.3 Å². The first-order chi connectivity index (χ1) is 10.1. The number of hydrogen-bond donors (Lipinski definition) is 2. The number of carbonyl (C=O) groups excluding carboxylic acids is 1. The third-order valence-electron chi connectivity index (χ3n) is 3.26. The molecule has 21 heavy (non-hydrogen) atoms. The minimum absolute atomic E-state index is 0.204. The van der Waals surface area contributed by atoms with E-state index in [2.05, 4.69) is 11.1 Å². The Morgan fingerprint density at radius 1 is 1.10 bits per heavy atom. The zero-order valence-electron chi connectivity index (χ0n) is 12.0. The molecule has 0 aliphatic heterocycles. The van der Waals surface area contributed by atoms with Gasteiger partial charge in [-0.05, 0) is 24.5 Å². The fourth-order valence-corrected chi connectivity index (χ4v) is 2.31. The normalized spacial score (nSPS) is 11.7. The van der Waals surface area contributed by atoms with Crippen LogP contribution in [-0.4, -0.2) is 11.9 Å². The summed E-state index contributed by atoms with van der Waals surface area (Å²) in [4.78, 5) is 16.0.